The van der Waals surface area contributed by atoms with Gasteiger partial charge in [-0.3, -0.25) is 8.47 Å². The van der Waals surface area contributed by atoms with Gasteiger partial charge in [-0.05, 0) is 81.1 Å². The first-order valence-electron chi connectivity index (χ1n) is 22.5. The smallest absolute Gasteiger partial charge is 0.358 e. The van der Waals surface area contributed by atoms with Crippen LogP contribution in [0.4, 0.5) is 11.6 Å². The summed E-state index contributed by atoms with van der Waals surface area (Å²) in [5.41, 5.74) is 1.27. The van der Waals surface area contributed by atoms with Crippen LogP contribution in [0.25, 0.3) is 21.5 Å². The van der Waals surface area contributed by atoms with Gasteiger partial charge in [-0.1, -0.05) is 97.1 Å². The van der Waals surface area contributed by atoms with Gasteiger partial charge in [0.05, 0.1) is 12.2 Å². The van der Waals surface area contributed by atoms with Crippen molar-refractivity contribution in [1.82, 2.24) is 18.6 Å². The second-order valence-electron chi connectivity index (χ2n) is 20.8. The molecule has 12 rings (SSSR count). The van der Waals surface area contributed by atoms with E-state index in [9.17, 15) is 10.4 Å². The van der Waals surface area contributed by atoms with E-state index < -0.39 is 43.2 Å². The number of hydrogen-bond donors (Lipinski definition) is 0. The molecule has 2 fully saturated rings. The first kappa shape index (κ1) is 40.7. The van der Waals surface area contributed by atoms with Crippen LogP contribution in [0.1, 0.15) is 103 Å². The van der Waals surface area contributed by atoms with E-state index >= 15 is 0 Å². The SMILES string of the molecule is CC1(C)CC(O[Si]2(OC3CC(C)(C)N([O])C(C)(C)C3)n3c4c5ccccc5c3N=C3N=C(N=c5c6ccccc6c(n52)=NC2=NC(=N4)c4ccccc42)c2ccccc23)CC(C)(C)N1[O]. The number of piperidine rings is 2. The van der Waals surface area contributed by atoms with Gasteiger partial charge in [0.25, 0.3) is 0 Å². The molecule has 2 radical (unpaired) electrons. The topological polar surface area (TPSA) is 149 Å². The fraction of sp³-hybridized carbons (Fsp3) is 0.360. The maximum Gasteiger partial charge on any atom is 0.603 e. The quantitative estimate of drug-likeness (QED) is 0.164. The molecular formula is C50H50N10O4Si. The van der Waals surface area contributed by atoms with Crippen LogP contribution < -0.4 is 11.0 Å². The number of aliphatic imine (C=N–C) groups is 4. The minimum absolute atomic E-state index is 0.401. The molecule has 0 N–H and O–H groups in total. The van der Waals surface area contributed by atoms with E-state index in [2.05, 4.69) is 32.7 Å². The van der Waals surface area contributed by atoms with Crippen molar-refractivity contribution in [2.45, 2.75) is 115 Å². The molecule has 0 atom stereocenters. The summed E-state index contributed by atoms with van der Waals surface area (Å²) in [5, 5.41) is 34.0. The van der Waals surface area contributed by atoms with Crippen LogP contribution in [0.2, 0.25) is 0 Å². The lowest BCUT2D eigenvalue weighted by Gasteiger charge is -2.53. The minimum Gasteiger partial charge on any atom is -0.358 e. The Bertz CT molecular complexity index is 3080. The van der Waals surface area contributed by atoms with Gasteiger partial charge in [0.2, 0.25) is 0 Å². The molecular weight excluding hydrogens is 833 g/mol. The third-order valence-electron chi connectivity index (χ3n) is 14.1. The van der Waals surface area contributed by atoms with Crippen molar-refractivity contribution < 1.29 is 19.3 Å². The first-order chi connectivity index (χ1) is 31.0. The largest absolute Gasteiger partial charge is 0.603 e. The van der Waals surface area contributed by atoms with Crippen LogP contribution in [0.15, 0.2) is 127 Å². The highest BCUT2D eigenvalue weighted by molar-refractivity contribution is 6.66. The Morgan fingerprint density at radius 3 is 1.09 bits per heavy atom. The minimum atomic E-state index is -4.60. The lowest BCUT2D eigenvalue weighted by atomic mass is 9.80. The van der Waals surface area contributed by atoms with E-state index in [0.29, 0.717) is 71.6 Å². The lowest BCUT2D eigenvalue weighted by Crippen LogP contribution is -2.70. The molecule has 8 heterocycles. The van der Waals surface area contributed by atoms with E-state index in [1.165, 1.54) is 10.1 Å². The summed E-state index contributed by atoms with van der Waals surface area (Å²) < 4.78 is 20.6. The fourth-order valence-electron chi connectivity index (χ4n) is 11.6. The number of rotatable bonds is 4. The Hall–Kier alpha value is -5.78. The summed E-state index contributed by atoms with van der Waals surface area (Å²) in [6.07, 6.45) is 0.575. The highest BCUT2D eigenvalue weighted by Crippen LogP contribution is 2.48. The number of nitrogens with zero attached hydrogens (tertiary/aromatic N) is 10. The molecule has 6 bridgehead atoms. The standard InChI is InChI=1S/C50H50N10O4Si/c1-47(2)25-29(26-48(3,4)59(47)61)63-65(64-30-27-49(5,6)60(62)50(7,8)28-30)57-43-35-21-13-14-22-36(35)45(57)55-41-33-19-11-12-20-34(33)42(52-41)56-46-38-24-16-15-23-37(38)44(58(46)65)54-40-32-18-10-9-17-31(32)39(51-40)53-43/h9-24,29-30H,25-28H2,1-8H3. The van der Waals surface area contributed by atoms with Crippen molar-refractivity contribution in [2.24, 2.45) is 30.0 Å². The molecule has 4 aromatic carbocycles. The molecule has 0 saturated carbocycles. The molecule has 15 heteroatoms. The molecule has 6 aromatic rings. The zero-order valence-electron chi connectivity index (χ0n) is 37.8. The predicted octanol–water partition coefficient (Wildman–Crippen LogP) is 8.14. The van der Waals surface area contributed by atoms with Crippen molar-refractivity contribution >= 4 is 65.4 Å². The zero-order valence-corrected chi connectivity index (χ0v) is 38.8. The number of amidine groups is 4. The van der Waals surface area contributed by atoms with Crippen molar-refractivity contribution in [3.05, 3.63) is 130 Å². The maximum absolute atomic E-state index is 14.1. The highest BCUT2D eigenvalue weighted by atomic mass is 28.4. The number of benzene rings is 4. The number of aromatic nitrogens is 2. The van der Waals surface area contributed by atoms with Crippen LogP contribution >= 0.6 is 0 Å². The van der Waals surface area contributed by atoms with E-state index in [0.717, 1.165) is 43.8 Å². The van der Waals surface area contributed by atoms with Gasteiger partial charge in [-0.2, -0.15) is 0 Å². The van der Waals surface area contributed by atoms with Gasteiger partial charge in [0.1, 0.15) is 22.6 Å². The van der Waals surface area contributed by atoms with Crippen LogP contribution in [0, 0.1) is 0 Å². The molecule has 6 aliphatic rings. The fourth-order valence-corrected chi connectivity index (χ4v) is 15.2. The molecule has 0 amide bonds. The van der Waals surface area contributed by atoms with Gasteiger partial charge < -0.3 is 8.85 Å². The summed E-state index contributed by atoms with van der Waals surface area (Å²) in [6, 6.07) is 32.4. The predicted molar refractivity (Wildman–Crippen MR) is 251 cm³/mol. The average molecular weight is 883 g/mol. The number of hydrogen-bond acceptors (Lipinski definition) is 10. The Morgan fingerprint density at radius 1 is 0.431 bits per heavy atom. The Morgan fingerprint density at radius 2 is 0.738 bits per heavy atom. The van der Waals surface area contributed by atoms with Gasteiger partial charge in [0.15, 0.2) is 23.3 Å². The summed E-state index contributed by atoms with van der Waals surface area (Å²) in [4.78, 5) is 32.8. The monoisotopic (exact) mass is 882 g/mol. The second kappa shape index (κ2) is 13.6. The van der Waals surface area contributed by atoms with E-state index in [-0.39, 0.29) is 0 Å². The highest BCUT2D eigenvalue weighted by Gasteiger charge is 2.60. The molecule has 0 aliphatic carbocycles. The first-order valence-corrected chi connectivity index (χ1v) is 24.2. The average Bonchev–Trinajstić information content (AvgIpc) is 3.97. The Balaban J connectivity index is 1.31. The van der Waals surface area contributed by atoms with Crippen LogP contribution in [0.3, 0.4) is 0 Å². The van der Waals surface area contributed by atoms with E-state index in [1.807, 2.05) is 128 Å². The van der Waals surface area contributed by atoms with Crippen LogP contribution in [0.5, 0.6) is 0 Å². The molecule has 0 unspecified atom stereocenters. The second-order valence-corrected chi connectivity index (χ2v) is 23.3. The Labute approximate surface area is 377 Å². The molecule has 2 aromatic heterocycles. The van der Waals surface area contributed by atoms with Gasteiger partial charge >= 0.3 is 8.88 Å². The van der Waals surface area contributed by atoms with E-state index in [1.54, 1.807) is 0 Å². The van der Waals surface area contributed by atoms with Gasteiger partial charge in [-0.15, -0.1) is 20.5 Å². The Kier molecular flexibility index (Phi) is 8.54. The number of hydroxylamine groups is 4. The van der Waals surface area contributed by atoms with Crippen molar-refractivity contribution in [2.75, 3.05) is 0 Å². The normalized spacial score (nSPS) is 22.6. The third kappa shape index (κ3) is 5.92. The summed E-state index contributed by atoms with van der Waals surface area (Å²) in [6.45, 7) is 15.9. The summed E-state index contributed by atoms with van der Waals surface area (Å²) >= 11 is 0. The zero-order chi connectivity index (χ0) is 45.0. The van der Waals surface area contributed by atoms with Crippen molar-refractivity contribution in [3.63, 3.8) is 0 Å². The van der Waals surface area contributed by atoms with E-state index in [4.69, 9.17) is 38.8 Å². The lowest BCUT2D eigenvalue weighted by molar-refractivity contribution is -0.301. The maximum atomic E-state index is 14.1. The van der Waals surface area contributed by atoms with Gasteiger partial charge in [-0.25, -0.2) is 30.0 Å². The van der Waals surface area contributed by atoms with Crippen LogP contribution in [-0.4, -0.2) is 85.2 Å². The molecule has 0 spiro atoms. The molecule has 6 aliphatic heterocycles. The molecule has 14 nitrogen and oxygen atoms in total. The third-order valence-corrected chi connectivity index (χ3v) is 17.3. The van der Waals surface area contributed by atoms with Crippen LogP contribution in [-0.2, 0) is 19.3 Å². The molecule has 65 heavy (non-hydrogen) atoms. The van der Waals surface area contributed by atoms with Crippen molar-refractivity contribution in [1.29, 1.82) is 0 Å². The van der Waals surface area contributed by atoms with Crippen molar-refractivity contribution in [3.8, 4) is 0 Å². The van der Waals surface area contributed by atoms with Gasteiger partial charge in [0, 0.05) is 66.0 Å². The number of fused-ring (bicyclic) bond motifs is 14. The summed E-state index contributed by atoms with van der Waals surface area (Å²) in [7, 11) is -4.60. The molecule has 328 valence electrons. The summed E-state index contributed by atoms with van der Waals surface area (Å²) in [5.74, 6) is 3.11. The molecule has 2 saturated heterocycles.